The Hall–Kier alpha value is -3.27. The monoisotopic (exact) mass is 345 g/mol. The van der Waals surface area contributed by atoms with Crippen molar-refractivity contribution in [3.8, 4) is 5.82 Å². The van der Waals surface area contributed by atoms with Crippen LogP contribution < -0.4 is 4.72 Å². The molecule has 3 aromatic rings. The lowest BCUT2D eigenvalue weighted by Crippen LogP contribution is -2.13. The number of nitro groups is 1. The van der Waals surface area contributed by atoms with Gasteiger partial charge < -0.3 is 0 Å². The first-order valence-corrected chi connectivity index (χ1v) is 8.17. The minimum Gasteiger partial charge on any atom is -0.278 e. The SMILES string of the molecule is O=[N+]([O-])c1ccc(S(=O)(=O)Nc2ccc(-n3cccn3)nc2)cc1. The Balaban J connectivity index is 1.80. The molecule has 0 saturated carbocycles. The van der Waals surface area contributed by atoms with E-state index in [0.717, 1.165) is 12.1 Å². The van der Waals surface area contributed by atoms with Crippen LogP contribution in [0.5, 0.6) is 0 Å². The summed E-state index contributed by atoms with van der Waals surface area (Å²) < 4.78 is 28.4. The molecule has 10 heteroatoms. The second-order valence-corrected chi connectivity index (χ2v) is 6.39. The minimum atomic E-state index is -3.86. The fourth-order valence-electron chi connectivity index (χ4n) is 1.95. The highest BCUT2D eigenvalue weighted by Gasteiger charge is 2.16. The normalized spacial score (nSPS) is 11.2. The first-order valence-electron chi connectivity index (χ1n) is 6.69. The van der Waals surface area contributed by atoms with Gasteiger partial charge in [-0.05, 0) is 30.3 Å². The lowest BCUT2D eigenvalue weighted by atomic mass is 10.3. The molecule has 0 aliphatic heterocycles. The molecule has 24 heavy (non-hydrogen) atoms. The fraction of sp³-hybridized carbons (Fsp3) is 0. The Morgan fingerprint density at radius 1 is 1.12 bits per heavy atom. The van der Waals surface area contributed by atoms with Gasteiger partial charge in [-0.3, -0.25) is 14.8 Å². The van der Waals surface area contributed by atoms with Crippen LogP contribution in [0, 0.1) is 10.1 Å². The molecule has 0 amide bonds. The minimum absolute atomic E-state index is 0.0794. The lowest BCUT2D eigenvalue weighted by Gasteiger charge is -2.08. The van der Waals surface area contributed by atoms with Crippen LogP contribution in [0.3, 0.4) is 0 Å². The maximum Gasteiger partial charge on any atom is 0.269 e. The average Bonchev–Trinajstić information content (AvgIpc) is 3.10. The van der Waals surface area contributed by atoms with Crippen LogP contribution in [0.15, 0.2) is 66.0 Å². The van der Waals surface area contributed by atoms with Crippen LogP contribution in [0.25, 0.3) is 5.82 Å². The second kappa shape index (κ2) is 6.08. The first kappa shape index (κ1) is 15.6. The maximum absolute atomic E-state index is 12.3. The first-order chi connectivity index (χ1) is 11.5. The van der Waals surface area contributed by atoms with E-state index in [2.05, 4.69) is 14.8 Å². The summed E-state index contributed by atoms with van der Waals surface area (Å²) in [7, 11) is -3.86. The molecule has 0 atom stereocenters. The molecule has 9 nitrogen and oxygen atoms in total. The van der Waals surface area contributed by atoms with Gasteiger partial charge in [0.2, 0.25) is 0 Å². The van der Waals surface area contributed by atoms with Gasteiger partial charge in [-0.15, -0.1) is 0 Å². The molecule has 122 valence electrons. The van der Waals surface area contributed by atoms with Crippen LogP contribution in [0.4, 0.5) is 11.4 Å². The Bertz CT molecular complexity index is 951. The van der Waals surface area contributed by atoms with E-state index in [1.165, 1.54) is 23.0 Å². The van der Waals surface area contributed by atoms with Crippen molar-refractivity contribution in [2.45, 2.75) is 4.90 Å². The van der Waals surface area contributed by atoms with E-state index in [9.17, 15) is 18.5 Å². The number of aromatic nitrogens is 3. The number of nitro benzene ring substituents is 1. The smallest absolute Gasteiger partial charge is 0.269 e. The number of anilines is 1. The molecule has 1 N–H and O–H groups in total. The Labute approximate surface area is 136 Å². The molecular formula is C14H11N5O4S. The van der Waals surface area contributed by atoms with Crippen molar-refractivity contribution in [1.29, 1.82) is 0 Å². The van der Waals surface area contributed by atoms with Gasteiger partial charge in [0.05, 0.1) is 21.7 Å². The number of sulfonamides is 1. The quantitative estimate of drug-likeness (QED) is 0.557. The molecule has 1 aromatic carbocycles. The predicted octanol–water partition coefficient (Wildman–Crippen LogP) is 1.98. The van der Waals surface area contributed by atoms with E-state index in [1.54, 1.807) is 30.6 Å². The van der Waals surface area contributed by atoms with Gasteiger partial charge in [-0.25, -0.2) is 18.1 Å². The number of rotatable bonds is 5. The highest BCUT2D eigenvalue weighted by atomic mass is 32.2. The van der Waals surface area contributed by atoms with Gasteiger partial charge in [0.15, 0.2) is 5.82 Å². The van der Waals surface area contributed by atoms with Crippen LogP contribution in [-0.2, 0) is 10.0 Å². The standard InChI is InChI=1S/C14H11N5O4S/c20-19(21)12-3-5-13(6-4-12)24(22,23)17-11-2-7-14(15-10-11)18-9-1-8-16-18/h1-10,17H. The molecular weight excluding hydrogens is 334 g/mol. The molecule has 0 bridgehead atoms. The Morgan fingerprint density at radius 2 is 1.88 bits per heavy atom. The second-order valence-electron chi connectivity index (χ2n) is 4.71. The van der Waals surface area contributed by atoms with Crippen LogP contribution in [-0.4, -0.2) is 28.1 Å². The van der Waals surface area contributed by atoms with Crippen molar-refractivity contribution in [2.75, 3.05) is 4.72 Å². The average molecular weight is 345 g/mol. The number of benzene rings is 1. The van der Waals surface area contributed by atoms with E-state index in [4.69, 9.17) is 0 Å². The Kier molecular flexibility index (Phi) is 3.96. The number of non-ortho nitro benzene ring substituents is 1. The van der Waals surface area contributed by atoms with E-state index in [1.807, 2.05) is 0 Å². The highest BCUT2D eigenvalue weighted by Crippen LogP contribution is 2.19. The third-order valence-electron chi connectivity index (χ3n) is 3.10. The third kappa shape index (κ3) is 3.22. The number of nitrogens with zero attached hydrogens (tertiary/aromatic N) is 4. The molecule has 0 aliphatic carbocycles. The van der Waals surface area contributed by atoms with Crippen molar-refractivity contribution in [3.05, 3.63) is 71.2 Å². The molecule has 0 spiro atoms. The van der Waals surface area contributed by atoms with E-state index < -0.39 is 14.9 Å². The van der Waals surface area contributed by atoms with Crippen LogP contribution >= 0.6 is 0 Å². The predicted molar refractivity (Wildman–Crippen MR) is 85.3 cm³/mol. The van der Waals surface area contributed by atoms with Crippen molar-refractivity contribution in [3.63, 3.8) is 0 Å². The van der Waals surface area contributed by atoms with Crippen LogP contribution in [0.2, 0.25) is 0 Å². The maximum atomic E-state index is 12.3. The molecule has 0 fully saturated rings. The van der Waals surface area contributed by atoms with E-state index in [0.29, 0.717) is 5.82 Å². The summed E-state index contributed by atoms with van der Waals surface area (Å²) in [6, 6.07) is 9.51. The van der Waals surface area contributed by atoms with Crippen molar-refractivity contribution >= 4 is 21.4 Å². The number of hydrogen-bond acceptors (Lipinski definition) is 6. The summed E-state index contributed by atoms with van der Waals surface area (Å²) >= 11 is 0. The number of nitrogens with one attached hydrogen (secondary N) is 1. The largest absolute Gasteiger partial charge is 0.278 e. The lowest BCUT2D eigenvalue weighted by molar-refractivity contribution is -0.384. The molecule has 2 heterocycles. The third-order valence-corrected chi connectivity index (χ3v) is 4.49. The van der Waals surface area contributed by atoms with Crippen molar-refractivity contribution in [1.82, 2.24) is 14.8 Å². The summed E-state index contributed by atoms with van der Waals surface area (Å²) in [5.74, 6) is 0.540. The summed E-state index contributed by atoms with van der Waals surface area (Å²) in [6.45, 7) is 0. The molecule has 0 unspecified atom stereocenters. The van der Waals surface area contributed by atoms with Crippen molar-refractivity contribution < 1.29 is 13.3 Å². The Morgan fingerprint density at radius 3 is 2.42 bits per heavy atom. The zero-order valence-corrected chi connectivity index (χ0v) is 12.9. The van der Waals surface area contributed by atoms with E-state index in [-0.39, 0.29) is 16.3 Å². The molecule has 0 saturated heterocycles. The topological polar surface area (TPSA) is 120 Å². The van der Waals surface area contributed by atoms with Gasteiger partial charge in [0.1, 0.15) is 0 Å². The van der Waals surface area contributed by atoms with Gasteiger partial charge >= 0.3 is 0 Å². The summed E-state index contributed by atoms with van der Waals surface area (Å²) in [4.78, 5) is 14.1. The van der Waals surface area contributed by atoms with Gasteiger partial charge in [0.25, 0.3) is 15.7 Å². The van der Waals surface area contributed by atoms with Crippen molar-refractivity contribution in [2.24, 2.45) is 0 Å². The fourth-order valence-corrected chi connectivity index (χ4v) is 2.99. The number of pyridine rings is 1. The van der Waals surface area contributed by atoms with Crippen LogP contribution in [0.1, 0.15) is 0 Å². The van der Waals surface area contributed by atoms with E-state index >= 15 is 0 Å². The molecule has 3 rings (SSSR count). The summed E-state index contributed by atoms with van der Waals surface area (Å²) in [6.07, 6.45) is 4.68. The molecule has 0 radical (unpaired) electrons. The van der Waals surface area contributed by atoms with Gasteiger partial charge in [-0.2, -0.15) is 5.10 Å². The zero-order chi connectivity index (χ0) is 17.2. The zero-order valence-electron chi connectivity index (χ0n) is 12.1. The molecule has 2 aromatic heterocycles. The molecule has 0 aliphatic rings. The summed E-state index contributed by atoms with van der Waals surface area (Å²) in [5.41, 5.74) is 0.0865. The van der Waals surface area contributed by atoms with Gasteiger partial charge in [-0.1, -0.05) is 0 Å². The van der Waals surface area contributed by atoms with Gasteiger partial charge in [0, 0.05) is 24.5 Å². The summed E-state index contributed by atoms with van der Waals surface area (Å²) in [5, 5.41) is 14.6. The number of hydrogen-bond donors (Lipinski definition) is 1. The highest BCUT2D eigenvalue weighted by molar-refractivity contribution is 7.92.